The van der Waals surface area contributed by atoms with Crippen molar-refractivity contribution in [1.82, 2.24) is 4.90 Å². The minimum atomic E-state index is -1.04. The number of nitrogens with one attached hydrogen (secondary N) is 1. The number of anilines is 1. The molecule has 1 fully saturated rings. The van der Waals surface area contributed by atoms with Crippen LogP contribution in [-0.2, 0) is 4.79 Å². The number of benzene rings is 1. The summed E-state index contributed by atoms with van der Waals surface area (Å²) in [6.07, 6.45) is 2.08. The highest BCUT2D eigenvalue weighted by atomic mass is 19.1. The number of amides is 2. The number of carbonyl (C=O) groups excluding carboxylic acids is 2. The van der Waals surface area contributed by atoms with Gasteiger partial charge in [-0.15, -0.1) is 0 Å². The Morgan fingerprint density at radius 3 is 2.26 bits per heavy atom. The standard InChI is InChI=1S/C14H15FN2O2/c1-10(15)13(18)16-12-6-4-11(5-7-12)14(19)17-8-2-3-9-17/h4-7H,1-3,8-9H2,(H,16,18). The molecule has 5 heteroatoms. The van der Waals surface area contributed by atoms with Crippen molar-refractivity contribution in [1.29, 1.82) is 0 Å². The van der Waals surface area contributed by atoms with Gasteiger partial charge in [0.2, 0.25) is 0 Å². The Labute approximate surface area is 110 Å². The lowest BCUT2D eigenvalue weighted by Crippen LogP contribution is -2.27. The number of carbonyl (C=O) groups is 2. The van der Waals surface area contributed by atoms with Gasteiger partial charge in [0, 0.05) is 24.3 Å². The topological polar surface area (TPSA) is 49.4 Å². The summed E-state index contributed by atoms with van der Waals surface area (Å²) in [5.41, 5.74) is 1.00. The Morgan fingerprint density at radius 2 is 1.74 bits per heavy atom. The normalized spacial score (nSPS) is 14.3. The third kappa shape index (κ3) is 3.19. The lowest BCUT2D eigenvalue weighted by atomic mass is 10.2. The van der Waals surface area contributed by atoms with E-state index in [1.165, 1.54) is 0 Å². The van der Waals surface area contributed by atoms with E-state index < -0.39 is 11.7 Å². The number of likely N-dealkylation sites (tertiary alicyclic amines) is 1. The zero-order chi connectivity index (χ0) is 13.8. The SMILES string of the molecule is C=C(F)C(=O)Nc1ccc(C(=O)N2CCCC2)cc1. The fourth-order valence-corrected chi connectivity index (χ4v) is 2.00. The molecular weight excluding hydrogens is 247 g/mol. The van der Waals surface area contributed by atoms with Crippen molar-refractivity contribution in [2.75, 3.05) is 18.4 Å². The molecule has 0 saturated carbocycles. The highest BCUT2D eigenvalue weighted by molar-refractivity contribution is 6.02. The van der Waals surface area contributed by atoms with Crippen LogP contribution in [0.25, 0.3) is 0 Å². The Hall–Kier alpha value is -2.17. The molecule has 0 radical (unpaired) electrons. The maximum Gasteiger partial charge on any atom is 0.283 e. The van der Waals surface area contributed by atoms with Gasteiger partial charge in [0.25, 0.3) is 11.8 Å². The van der Waals surface area contributed by atoms with E-state index in [4.69, 9.17) is 0 Å². The predicted molar refractivity (Wildman–Crippen MR) is 70.5 cm³/mol. The van der Waals surface area contributed by atoms with Crippen molar-refractivity contribution in [2.45, 2.75) is 12.8 Å². The molecule has 0 aliphatic carbocycles. The maximum atomic E-state index is 12.5. The third-order valence-electron chi connectivity index (χ3n) is 3.03. The van der Waals surface area contributed by atoms with Crippen LogP contribution in [-0.4, -0.2) is 29.8 Å². The van der Waals surface area contributed by atoms with Gasteiger partial charge in [-0.2, -0.15) is 0 Å². The minimum absolute atomic E-state index is 0.00900. The number of hydrogen-bond acceptors (Lipinski definition) is 2. The van der Waals surface area contributed by atoms with Crippen LogP contribution >= 0.6 is 0 Å². The summed E-state index contributed by atoms with van der Waals surface area (Å²) in [5.74, 6) is -1.93. The van der Waals surface area contributed by atoms with E-state index in [0.29, 0.717) is 11.3 Å². The maximum absolute atomic E-state index is 12.5. The molecule has 1 heterocycles. The van der Waals surface area contributed by atoms with Crippen LogP contribution in [0.2, 0.25) is 0 Å². The Kier molecular flexibility index (Phi) is 3.94. The van der Waals surface area contributed by atoms with Gasteiger partial charge in [0.15, 0.2) is 5.83 Å². The first-order valence-corrected chi connectivity index (χ1v) is 6.13. The highest BCUT2D eigenvalue weighted by Gasteiger charge is 2.19. The predicted octanol–water partition coefficient (Wildman–Crippen LogP) is 2.34. The van der Waals surface area contributed by atoms with Gasteiger partial charge in [-0.05, 0) is 37.1 Å². The second-order valence-electron chi connectivity index (χ2n) is 4.44. The van der Waals surface area contributed by atoms with Crippen molar-refractivity contribution < 1.29 is 14.0 Å². The van der Waals surface area contributed by atoms with Crippen molar-refractivity contribution >= 4 is 17.5 Å². The van der Waals surface area contributed by atoms with E-state index in [1.807, 2.05) is 0 Å². The average Bonchev–Trinajstić information content (AvgIpc) is 2.92. The summed E-state index contributed by atoms with van der Waals surface area (Å²) in [5, 5.41) is 2.34. The fraction of sp³-hybridized carbons (Fsp3) is 0.286. The van der Waals surface area contributed by atoms with Crippen molar-refractivity contribution in [3.8, 4) is 0 Å². The average molecular weight is 262 g/mol. The fourth-order valence-electron chi connectivity index (χ4n) is 2.00. The van der Waals surface area contributed by atoms with E-state index in [-0.39, 0.29) is 5.91 Å². The molecule has 0 atom stereocenters. The van der Waals surface area contributed by atoms with Crippen LogP contribution in [0.4, 0.5) is 10.1 Å². The summed E-state index contributed by atoms with van der Waals surface area (Å²) in [7, 11) is 0. The second kappa shape index (κ2) is 5.65. The van der Waals surface area contributed by atoms with Crippen molar-refractivity contribution in [3.05, 3.63) is 42.2 Å². The summed E-state index contributed by atoms with van der Waals surface area (Å²) in [6, 6.07) is 6.39. The largest absolute Gasteiger partial charge is 0.339 e. The van der Waals surface area contributed by atoms with E-state index in [1.54, 1.807) is 29.2 Å². The molecule has 1 aromatic rings. The molecule has 4 nitrogen and oxygen atoms in total. The van der Waals surface area contributed by atoms with E-state index >= 15 is 0 Å². The molecule has 2 rings (SSSR count). The molecule has 0 spiro atoms. The van der Waals surface area contributed by atoms with Gasteiger partial charge in [0.1, 0.15) is 0 Å². The van der Waals surface area contributed by atoms with Gasteiger partial charge >= 0.3 is 0 Å². The lowest BCUT2D eigenvalue weighted by molar-refractivity contribution is -0.114. The van der Waals surface area contributed by atoms with Gasteiger partial charge in [-0.1, -0.05) is 6.58 Å². The van der Waals surface area contributed by atoms with E-state index in [0.717, 1.165) is 25.9 Å². The molecule has 1 aliphatic rings. The molecule has 0 aromatic heterocycles. The molecule has 1 N–H and O–H groups in total. The molecule has 0 bridgehead atoms. The van der Waals surface area contributed by atoms with Crippen LogP contribution in [0.5, 0.6) is 0 Å². The number of nitrogens with zero attached hydrogens (tertiary/aromatic N) is 1. The first-order chi connectivity index (χ1) is 9.08. The van der Waals surface area contributed by atoms with Crippen LogP contribution in [0.1, 0.15) is 23.2 Å². The van der Waals surface area contributed by atoms with Crippen LogP contribution in [0.15, 0.2) is 36.7 Å². The monoisotopic (exact) mass is 262 g/mol. The number of hydrogen-bond donors (Lipinski definition) is 1. The minimum Gasteiger partial charge on any atom is -0.339 e. The lowest BCUT2D eigenvalue weighted by Gasteiger charge is -2.15. The summed E-state index contributed by atoms with van der Waals surface area (Å²) in [6.45, 7) is 4.49. The second-order valence-corrected chi connectivity index (χ2v) is 4.44. The summed E-state index contributed by atoms with van der Waals surface area (Å²) in [4.78, 5) is 24.9. The summed E-state index contributed by atoms with van der Waals surface area (Å²) >= 11 is 0. The van der Waals surface area contributed by atoms with Gasteiger partial charge in [-0.3, -0.25) is 9.59 Å². The molecule has 2 amide bonds. The first kappa shape index (κ1) is 13.3. The van der Waals surface area contributed by atoms with Crippen molar-refractivity contribution in [3.63, 3.8) is 0 Å². The zero-order valence-corrected chi connectivity index (χ0v) is 10.5. The van der Waals surface area contributed by atoms with Gasteiger partial charge in [-0.25, -0.2) is 4.39 Å². The van der Waals surface area contributed by atoms with Crippen LogP contribution in [0, 0.1) is 0 Å². The molecule has 19 heavy (non-hydrogen) atoms. The number of rotatable bonds is 3. The van der Waals surface area contributed by atoms with Gasteiger partial charge in [0.05, 0.1) is 0 Å². The summed E-state index contributed by atoms with van der Waals surface area (Å²) < 4.78 is 12.5. The zero-order valence-electron chi connectivity index (χ0n) is 10.5. The Balaban J connectivity index is 2.03. The smallest absolute Gasteiger partial charge is 0.283 e. The molecular formula is C14H15FN2O2. The van der Waals surface area contributed by atoms with Gasteiger partial charge < -0.3 is 10.2 Å². The molecule has 1 aliphatic heterocycles. The molecule has 1 aromatic carbocycles. The van der Waals surface area contributed by atoms with Crippen molar-refractivity contribution in [2.24, 2.45) is 0 Å². The highest BCUT2D eigenvalue weighted by Crippen LogP contribution is 2.15. The number of halogens is 1. The first-order valence-electron chi connectivity index (χ1n) is 6.13. The molecule has 0 unspecified atom stereocenters. The van der Waals surface area contributed by atoms with E-state index in [2.05, 4.69) is 11.9 Å². The molecule has 1 saturated heterocycles. The van der Waals surface area contributed by atoms with Crippen LogP contribution < -0.4 is 5.32 Å². The quantitative estimate of drug-likeness (QED) is 0.850. The third-order valence-corrected chi connectivity index (χ3v) is 3.03. The van der Waals surface area contributed by atoms with E-state index in [9.17, 15) is 14.0 Å². The van der Waals surface area contributed by atoms with Crippen LogP contribution in [0.3, 0.4) is 0 Å². The molecule has 100 valence electrons. The Bertz CT molecular complexity index is 505. The Morgan fingerprint density at radius 1 is 1.16 bits per heavy atom.